The van der Waals surface area contributed by atoms with Gasteiger partial charge in [0.15, 0.2) is 5.65 Å². The van der Waals surface area contributed by atoms with Crippen LogP contribution in [0, 0.1) is 0 Å². The number of carbonyl (C=O) groups excluding carboxylic acids is 1. The van der Waals surface area contributed by atoms with E-state index >= 15 is 0 Å². The molecule has 0 unspecified atom stereocenters. The second-order valence-corrected chi connectivity index (χ2v) is 9.76. The van der Waals surface area contributed by atoms with Crippen molar-refractivity contribution in [2.75, 3.05) is 31.1 Å². The number of hydrogen-bond acceptors (Lipinski definition) is 5. The maximum atomic E-state index is 12.7. The summed E-state index contributed by atoms with van der Waals surface area (Å²) in [6, 6.07) is 10.2. The van der Waals surface area contributed by atoms with E-state index in [0.717, 1.165) is 80.2 Å². The molecule has 1 aliphatic rings. The molecular formula is C28H40N6O. The first-order valence-corrected chi connectivity index (χ1v) is 13.5. The second kappa shape index (κ2) is 12.1. The highest BCUT2D eigenvalue weighted by Gasteiger charge is 2.25. The van der Waals surface area contributed by atoms with Gasteiger partial charge in [0.2, 0.25) is 5.91 Å². The molecular weight excluding hydrogens is 436 g/mol. The van der Waals surface area contributed by atoms with Gasteiger partial charge in [-0.3, -0.25) is 4.79 Å². The third-order valence-electron chi connectivity index (χ3n) is 7.01. The Bertz CT molecular complexity index is 1090. The number of nitrogens with zero attached hydrogens (tertiary/aromatic N) is 6. The number of carbonyl (C=O) groups is 1. The van der Waals surface area contributed by atoms with E-state index in [9.17, 15) is 4.79 Å². The van der Waals surface area contributed by atoms with Gasteiger partial charge in [0.05, 0.1) is 17.3 Å². The number of hydrogen-bond donors (Lipinski definition) is 0. The zero-order valence-corrected chi connectivity index (χ0v) is 21.6. The molecule has 0 N–H and O–H groups in total. The molecule has 1 aliphatic heterocycles. The number of para-hydroxylation sites is 1. The molecule has 1 saturated heterocycles. The molecule has 1 amide bonds. The average Bonchev–Trinajstić information content (AvgIpc) is 3.33. The summed E-state index contributed by atoms with van der Waals surface area (Å²) in [5, 5.41) is 5.66. The predicted molar refractivity (Wildman–Crippen MR) is 142 cm³/mol. The lowest BCUT2D eigenvalue weighted by Crippen LogP contribution is -2.49. The largest absolute Gasteiger partial charge is 0.352 e. The van der Waals surface area contributed by atoms with Crippen LogP contribution in [0.15, 0.2) is 36.5 Å². The Balaban J connectivity index is 1.53. The summed E-state index contributed by atoms with van der Waals surface area (Å²) in [6.45, 7) is 9.67. The zero-order chi connectivity index (χ0) is 24.6. The third-order valence-corrected chi connectivity index (χ3v) is 7.01. The van der Waals surface area contributed by atoms with Crippen LogP contribution in [0.2, 0.25) is 0 Å². The third kappa shape index (κ3) is 6.00. The Morgan fingerprint density at radius 2 is 1.69 bits per heavy atom. The van der Waals surface area contributed by atoms with Crippen LogP contribution in [-0.2, 0) is 4.79 Å². The molecule has 0 aliphatic carbocycles. The maximum absolute atomic E-state index is 12.7. The fraction of sp³-hybridized carbons (Fsp3) is 0.571. The summed E-state index contributed by atoms with van der Waals surface area (Å²) in [6.07, 6.45) is 10.6. The van der Waals surface area contributed by atoms with E-state index in [0.29, 0.717) is 12.3 Å². The molecule has 188 valence electrons. The molecule has 7 nitrogen and oxygen atoms in total. The minimum absolute atomic E-state index is 0.276. The van der Waals surface area contributed by atoms with E-state index in [1.165, 1.54) is 19.3 Å². The molecule has 1 fully saturated rings. The molecule has 7 heteroatoms. The highest BCUT2D eigenvalue weighted by Crippen LogP contribution is 2.29. The molecule has 2 aromatic heterocycles. The van der Waals surface area contributed by atoms with Crippen molar-refractivity contribution in [3.05, 3.63) is 42.4 Å². The van der Waals surface area contributed by atoms with Crippen molar-refractivity contribution in [3.8, 4) is 5.69 Å². The minimum Gasteiger partial charge on any atom is -0.352 e. The highest BCUT2D eigenvalue weighted by molar-refractivity contribution is 5.88. The lowest BCUT2D eigenvalue weighted by molar-refractivity contribution is -0.131. The fourth-order valence-electron chi connectivity index (χ4n) is 4.90. The van der Waals surface area contributed by atoms with Crippen molar-refractivity contribution < 1.29 is 4.79 Å². The van der Waals surface area contributed by atoms with Gasteiger partial charge in [-0.1, -0.05) is 71.1 Å². The highest BCUT2D eigenvalue weighted by atomic mass is 16.2. The molecule has 0 bridgehead atoms. The molecule has 3 heterocycles. The number of rotatable bonds is 11. The molecule has 0 saturated carbocycles. The van der Waals surface area contributed by atoms with Gasteiger partial charge >= 0.3 is 0 Å². The first-order chi connectivity index (χ1) is 17.1. The van der Waals surface area contributed by atoms with Gasteiger partial charge in [0.1, 0.15) is 11.6 Å². The molecule has 4 rings (SSSR count). The smallest absolute Gasteiger partial charge is 0.222 e. The molecule has 35 heavy (non-hydrogen) atoms. The summed E-state index contributed by atoms with van der Waals surface area (Å²) in [7, 11) is 0. The Morgan fingerprint density at radius 1 is 0.943 bits per heavy atom. The summed E-state index contributed by atoms with van der Waals surface area (Å²) in [5.41, 5.74) is 1.85. The normalized spacial score (nSPS) is 15.1. The lowest BCUT2D eigenvalue weighted by Gasteiger charge is -2.36. The van der Waals surface area contributed by atoms with Crippen LogP contribution in [0.4, 0.5) is 5.82 Å². The summed E-state index contributed by atoms with van der Waals surface area (Å²) in [5.74, 6) is 2.39. The summed E-state index contributed by atoms with van der Waals surface area (Å²) in [4.78, 5) is 27.1. The van der Waals surface area contributed by atoms with Crippen LogP contribution in [0.25, 0.3) is 16.7 Å². The van der Waals surface area contributed by atoms with Crippen LogP contribution in [-0.4, -0.2) is 56.7 Å². The standard InChI is InChI=1S/C28H40N6O/c1-4-6-7-8-12-16-25(35)32-17-19-33(20-18-32)27-24-21-29-34(23-14-10-9-11-15-23)28(24)31-26(30-27)22(3)13-5-2/h9-11,14-15,21-22H,4-8,12-13,16-20H2,1-3H3/t22-/m1/s1. The first kappa shape index (κ1) is 25.1. The van der Waals surface area contributed by atoms with Gasteiger partial charge in [0.25, 0.3) is 0 Å². The van der Waals surface area contributed by atoms with Gasteiger partial charge < -0.3 is 9.80 Å². The second-order valence-electron chi connectivity index (χ2n) is 9.76. The topological polar surface area (TPSA) is 67.2 Å². The SMILES string of the molecule is CCCCCCCC(=O)N1CCN(c2nc([C@H](C)CCC)nc3c2cnn3-c2ccccc2)CC1. The van der Waals surface area contributed by atoms with Gasteiger partial charge in [0, 0.05) is 38.5 Å². The molecule has 1 atom stereocenters. The Kier molecular flexibility index (Phi) is 8.72. The number of amides is 1. The van der Waals surface area contributed by atoms with Crippen molar-refractivity contribution in [3.63, 3.8) is 0 Å². The van der Waals surface area contributed by atoms with Crippen LogP contribution in [0.5, 0.6) is 0 Å². The maximum Gasteiger partial charge on any atom is 0.222 e. The van der Waals surface area contributed by atoms with E-state index < -0.39 is 0 Å². The number of aromatic nitrogens is 4. The monoisotopic (exact) mass is 476 g/mol. The van der Waals surface area contributed by atoms with E-state index in [-0.39, 0.29) is 5.92 Å². The quantitative estimate of drug-likeness (QED) is 0.331. The summed E-state index contributed by atoms with van der Waals surface area (Å²) < 4.78 is 1.92. The first-order valence-electron chi connectivity index (χ1n) is 13.5. The minimum atomic E-state index is 0.276. The van der Waals surface area contributed by atoms with Crippen molar-refractivity contribution >= 4 is 22.8 Å². The van der Waals surface area contributed by atoms with E-state index in [1.54, 1.807) is 0 Å². The molecule has 0 radical (unpaired) electrons. The lowest BCUT2D eigenvalue weighted by atomic mass is 10.1. The molecule has 1 aromatic carbocycles. The van der Waals surface area contributed by atoms with Gasteiger partial charge in [-0.2, -0.15) is 5.10 Å². The van der Waals surface area contributed by atoms with Crippen molar-refractivity contribution in [2.24, 2.45) is 0 Å². The fourth-order valence-corrected chi connectivity index (χ4v) is 4.90. The van der Waals surface area contributed by atoms with Crippen molar-refractivity contribution in [1.82, 2.24) is 24.6 Å². The van der Waals surface area contributed by atoms with E-state index in [4.69, 9.17) is 9.97 Å². The zero-order valence-electron chi connectivity index (χ0n) is 21.6. The average molecular weight is 477 g/mol. The van der Waals surface area contributed by atoms with Gasteiger partial charge in [-0.25, -0.2) is 14.6 Å². The Labute approximate surface area is 209 Å². The van der Waals surface area contributed by atoms with E-state index in [2.05, 4.69) is 42.9 Å². The van der Waals surface area contributed by atoms with Gasteiger partial charge in [-0.05, 0) is 25.0 Å². The van der Waals surface area contributed by atoms with E-state index in [1.807, 2.05) is 34.0 Å². The number of benzene rings is 1. The van der Waals surface area contributed by atoms with Crippen LogP contribution in [0.1, 0.15) is 83.9 Å². The van der Waals surface area contributed by atoms with Crippen molar-refractivity contribution in [2.45, 2.75) is 78.1 Å². The molecule has 3 aromatic rings. The van der Waals surface area contributed by atoms with Crippen LogP contribution in [0.3, 0.4) is 0 Å². The molecule has 0 spiro atoms. The number of unbranched alkanes of at least 4 members (excludes halogenated alkanes) is 4. The predicted octanol–water partition coefficient (Wildman–Crippen LogP) is 5.73. The van der Waals surface area contributed by atoms with Gasteiger partial charge in [-0.15, -0.1) is 0 Å². The Hall–Kier alpha value is -2.96. The van der Waals surface area contributed by atoms with Crippen LogP contribution < -0.4 is 4.90 Å². The van der Waals surface area contributed by atoms with Crippen molar-refractivity contribution in [1.29, 1.82) is 0 Å². The summed E-state index contributed by atoms with van der Waals surface area (Å²) >= 11 is 0. The Morgan fingerprint density at radius 3 is 2.40 bits per heavy atom. The number of fused-ring (bicyclic) bond motifs is 1. The number of piperazine rings is 1. The number of anilines is 1. The van der Waals surface area contributed by atoms with Crippen LogP contribution >= 0.6 is 0 Å².